The molecule has 0 saturated carbocycles. The number of nitrogens with one attached hydrogen (secondary N) is 1. The highest BCUT2D eigenvalue weighted by molar-refractivity contribution is 7.92. The van der Waals surface area contributed by atoms with E-state index in [2.05, 4.69) is 5.32 Å². The molecule has 0 aliphatic heterocycles. The summed E-state index contributed by atoms with van der Waals surface area (Å²) in [6, 6.07) is 20.0. The topological polar surface area (TPSA) is 105 Å². The Bertz CT molecular complexity index is 1420. The van der Waals surface area contributed by atoms with Gasteiger partial charge in [0.05, 0.1) is 26.2 Å². The fourth-order valence-corrected chi connectivity index (χ4v) is 5.33. The van der Waals surface area contributed by atoms with Crippen LogP contribution in [0.15, 0.2) is 72.8 Å². The molecule has 0 fully saturated rings. The Morgan fingerprint density at radius 2 is 1.60 bits per heavy atom. The molecule has 2 amide bonds. The van der Waals surface area contributed by atoms with E-state index in [4.69, 9.17) is 21.1 Å². The molecule has 0 saturated heterocycles. The van der Waals surface area contributed by atoms with Crippen LogP contribution in [0.25, 0.3) is 0 Å². The minimum absolute atomic E-state index is 0.0392. The number of amides is 2. The van der Waals surface area contributed by atoms with Crippen molar-refractivity contribution in [2.75, 3.05) is 37.9 Å². The van der Waals surface area contributed by atoms with Gasteiger partial charge in [0.15, 0.2) is 11.5 Å². The van der Waals surface area contributed by atoms with Crippen LogP contribution in [0.1, 0.15) is 18.1 Å². The number of carbonyl (C=O) groups excluding carboxylic acids is 2. The van der Waals surface area contributed by atoms with Gasteiger partial charge in [-0.05, 0) is 42.3 Å². The first-order chi connectivity index (χ1) is 19.1. The van der Waals surface area contributed by atoms with Gasteiger partial charge in [-0.2, -0.15) is 0 Å². The lowest BCUT2D eigenvalue weighted by atomic mass is 10.0. The van der Waals surface area contributed by atoms with Crippen LogP contribution in [-0.4, -0.2) is 64.7 Å². The molecule has 0 aliphatic carbocycles. The molecular formula is C29H34ClN3O6S. The zero-order valence-corrected chi connectivity index (χ0v) is 24.5. The standard InChI is InChI=1S/C29H34ClN3O6S/c1-5-31-29(35)25(17-21-10-7-6-8-11-21)32(19-22-12-9-13-23(30)16-22)28(34)20-33(40(4,36)37)24-14-15-26(38-2)27(18-24)39-3/h6-16,18,25H,5,17,19-20H2,1-4H3,(H,31,35). The number of benzene rings is 3. The lowest BCUT2D eigenvalue weighted by molar-refractivity contribution is -0.140. The third kappa shape index (κ3) is 8.12. The molecule has 0 spiro atoms. The monoisotopic (exact) mass is 587 g/mol. The maximum atomic E-state index is 14.0. The molecular weight excluding hydrogens is 554 g/mol. The SMILES string of the molecule is CCNC(=O)C(Cc1ccccc1)N(Cc1cccc(Cl)c1)C(=O)CN(c1ccc(OC)c(OC)c1)S(C)(=O)=O. The van der Waals surface area contributed by atoms with Crippen LogP contribution in [-0.2, 0) is 32.6 Å². The molecule has 0 bridgehead atoms. The van der Waals surface area contributed by atoms with E-state index < -0.39 is 28.5 Å². The number of carbonyl (C=O) groups is 2. The second kappa shape index (κ2) is 14.0. The highest BCUT2D eigenvalue weighted by Crippen LogP contribution is 2.32. The van der Waals surface area contributed by atoms with Crippen molar-refractivity contribution in [1.82, 2.24) is 10.2 Å². The van der Waals surface area contributed by atoms with Crippen LogP contribution >= 0.6 is 11.6 Å². The molecule has 0 aliphatic rings. The van der Waals surface area contributed by atoms with Crippen LogP contribution < -0.4 is 19.1 Å². The largest absolute Gasteiger partial charge is 0.493 e. The Labute approximate surface area is 240 Å². The zero-order valence-electron chi connectivity index (χ0n) is 23.0. The Balaban J connectivity index is 2.06. The summed E-state index contributed by atoms with van der Waals surface area (Å²) in [5.41, 5.74) is 1.76. The third-order valence-corrected chi connectivity index (χ3v) is 7.57. The van der Waals surface area contributed by atoms with Crippen LogP contribution in [0.2, 0.25) is 5.02 Å². The van der Waals surface area contributed by atoms with Gasteiger partial charge in [0, 0.05) is 30.6 Å². The van der Waals surface area contributed by atoms with E-state index in [1.165, 1.54) is 31.3 Å². The summed E-state index contributed by atoms with van der Waals surface area (Å²) in [6.07, 6.45) is 1.25. The zero-order chi connectivity index (χ0) is 29.3. The van der Waals surface area contributed by atoms with Gasteiger partial charge in [0.1, 0.15) is 12.6 Å². The van der Waals surface area contributed by atoms with Crippen molar-refractivity contribution in [3.8, 4) is 11.5 Å². The summed E-state index contributed by atoms with van der Waals surface area (Å²) in [6.45, 7) is 1.66. The fourth-order valence-electron chi connectivity index (χ4n) is 4.27. The number of halogens is 1. The summed E-state index contributed by atoms with van der Waals surface area (Å²) in [5, 5.41) is 3.30. The van der Waals surface area contributed by atoms with Crippen molar-refractivity contribution in [2.24, 2.45) is 0 Å². The molecule has 1 N–H and O–H groups in total. The highest BCUT2D eigenvalue weighted by atomic mass is 35.5. The molecule has 9 nitrogen and oxygen atoms in total. The van der Waals surface area contributed by atoms with Crippen LogP contribution in [0.5, 0.6) is 11.5 Å². The average molecular weight is 588 g/mol. The number of ether oxygens (including phenoxy) is 2. The van der Waals surface area contributed by atoms with Crippen LogP contribution in [0, 0.1) is 0 Å². The first-order valence-corrected chi connectivity index (χ1v) is 14.8. The lowest BCUT2D eigenvalue weighted by Crippen LogP contribution is -2.53. The van der Waals surface area contributed by atoms with Crippen molar-refractivity contribution in [3.63, 3.8) is 0 Å². The summed E-state index contributed by atoms with van der Waals surface area (Å²) < 4.78 is 37.5. The number of nitrogens with zero attached hydrogens (tertiary/aromatic N) is 2. The number of hydrogen-bond donors (Lipinski definition) is 1. The molecule has 3 aromatic carbocycles. The summed E-state index contributed by atoms with van der Waals surface area (Å²) in [7, 11) is -1.01. The van der Waals surface area contributed by atoms with Gasteiger partial charge in [0.25, 0.3) is 0 Å². The number of rotatable bonds is 13. The van der Waals surface area contributed by atoms with E-state index in [0.29, 0.717) is 28.6 Å². The number of hydrogen-bond acceptors (Lipinski definition) is 6. The minimum Gasteiger partial charge on any atom is -0.493 e. The Kier molecular flexibility index (Phi) is 10.8. The number of likely N-dealkylation sites (N-methyl/N-ethyl adjacent to an activating group) is 1. The molecule has 3 rings (SSSR count). The van der Waals surface area contributed by atoms with Gasteiger partial charge in [-0.15, -0.1) is 0 Å². The van der Waals surface area contributed by atoms with Crippen molar-refractivity contribution >= 4 is 39.1 Å². The van der Waals surface area contributed by atoms with E-state index in [9.17, 15) is 18.0 Å². The maximum absolute atomic E-state index is 14.0. The molecule has 0 radical (unpaired) electrons. The number of methoxy groups -OCH3 is 2. The molecule has 1 unspecified atom stereocenters. The van der Waals surface area contributed by atoms with Gasteiger partial charge in [-0.3, -0.25) is 13.9 Å². The van der Waals surface area contributed by atoms with E-state index in [1.807, 2.05) is 30.3 Å². The first kappa shape index (κ1) is 30.8. The summed E-state index contributed by atoms with van der Waals surface area (Å²) >= 11 is 6.21. The molecule has 214 valence electrons. The Morgan fingerprint density at radius 1 is 0.925 bits per heavy atom. The Morgan fingerprint density at radius 3 is 2.20 bits per heavy atom. The van der Waals surface area contributed by atoms with Crippen LogP contribution in [0.4, 0.5) is 5.69 Å². The maximum Gasteiger partial charge on any atom is 0.244 e. The minimum atomic E-state index is -3.92. The van der Waals surface area contributed by atoms with E-state index >= 15 is 0 Å². The first-order valence-electron chi connectivity index (χ1n) is 12.6. The molecule has 11 heteroatoms. The van der Waals surface area contributed by atoms with Gasteiger partial charge in [-0.25, -0.2) is 8.42 Å². The van der Waals surface area contributed by atoms with Crippen molar-refractivity contribution < 1.29 is 27.5 Å². The van der Waals surface area contributed by atoms with Gasteiger partial charge in [0.2, 0.25) is 21.8 Å². The van der Waals surface area contributed by atoms with Gasteiger partial charge >= 0.3 is 0 Å². The van der Waals surface area contributed by atoms with E-state index in [-0.39, 0.29) is 24.6 Å². The Hall–Kier alpha value is -3.76. The molecule has 3 aromatic rings. The van der Waals surface area contributed by atoms with Crippen molar-refractivity contribution in [1.29, 1.82) is 0 Å². The quantitative estimate of drug-likeness (QED) is 0.325. The number of anilines is 1. The third-order valence-electron chi connectivity index (χ3n) is 6.20. The predicted octanol–water partition coefficient (Wildman–Crippen LogP) is 3.90. The van der Waals surface area contributed by atoms with Crippen molar-refractivity contribution in [2.45, 2.75) is 25.9 Å². The molecule has 0 heterocycles. The second-order valence-electron chi connectivity index (χ2n) is 9.06. The van der Waals surface area contributed by atoms with Gasteiger partial charge in [-0.1, -0.05) is 54.1 Å². The molecule has 40 heavy (non-hydrogen) atoms. The molecule has 0 aromatic heterocycles. The molecule has 1 atom stereocenters. The van der Waals surface area contributed by atoms with Gasteiger partial charge < -0.3 is 19.7 Å². The highest BCUT2D eigenvalue weighted by Gasteiger charge is 2.33. The summed E-state index contributed by atoms with van der Waals surface area (Å²) in [4.78, 5) is 28.8. The van der Waals surface area contributed by atoms with Crippen molar-refractivity contribution in [3.05, 3.63) is 88.9 Å². The lowest BCUT2D eigenvalue weighted by Gasteiger charge is -2.33. The summed E-state index contributed by atoms with van der Waals surface area (Å²) in [5.74, 6) is -0.194. The smallest absolute Gasteiger partial charge is 0.244 e. The second-order valence-corrected chi connectivity index (χ2v) is 11.4. The fraction of sp³-hybridized carbons (Fsp3) is 0.310. The predicted molar refractivity (Wildman–Crippen MR) is 156 cm³/mol. The number of sulfonamides is 1. The normalized spacial score (nSPS) is 11.8. The van der Waals surface area contributed by atoms with E-state index in [1.54, 1.807) is 37.3 Å². The van der Waals surface area contributed by atoms with E-state index in [0.717, 1.165) is 16.1 Å². The van der Waals surface area contributed by atoms with Crippen LogP contribution in [0.3, 0.4) is 0 Å². The average Bonchev–Trinajstić information content (AvgIpc) is 2.93.